The first-order chi connectivity index (χ1) is 9.49. The maximum atomic E-state index is 11.7. The fourth-order valence-electron chi connectivity index (χ4n) is 1.18. The first kappa shape index (κ1) is 14.1. The zero-order chi connectivity index (χ0) is 14.7. The van der Waals surface area contributed by atoms with Crippen molar-refractivity contribution in [3.05, 3.63) is 39.5 Å². The van der Waals surface area contributed by atoms with Gasteiger partial charge >= 0.3 is 5.97 Å². The SMILES string of the molecule is N/C(=N/OC(=O)c1ccc(Cl)c(Cl)c1)c1nonc1N. The maximum absolute atomic E-state index is 11.7. The van der Waals surface area contributed by atoms with E-state index in [2.05, 4.69) is 24.9 Å². The lowest BCUT2D eigenvalue weighted by Crippen LogP contribution is -2.17. The van der Waals surface area contributed by atoms with Gasteiger partial charge in [-0.1, -0.05) is 28.4 Å². The monoisotopic (exact) mass is 315 g/mol. The molecule has 0 unspecified atom stereocenters. The van der Waals surface area contributed by atoms with Crippen LogP contribution in [0, 0.1) is 0 Å². The molecule has 104 valence electrons. The molecule has 0 aliphatic carbocycles. The first-order valence-corrected chi connectivity index (χ1v) is 5.83. The second-order valence-corrected chi connectivity index (χ2v) is 4.30. The van der Waals surface area contributed by atoms with Crippen LogP contribution in [-0.2, 0) is 4.84 Å². The highest BCUT2D eigenvalue weighted by Crippen LogP contribution is 2.22. The molecule has 1 aromatic carbocycles. The highest BCUT2D eigenvalue weighted by Gasteiger charge is 2.14. The van der Waals surface area contributed by atoms with E-state index in [-0.39, 0.29) is 27.9 Å². The molecule has 0 bridgehead atoms. The Bertz CT molecular complexity index is 685. The van der Waals surface area contributed by atoms with Gasteiger partial charge < -0.3 is 16.3 Å². The Morgan fingerprint density at radius 3 is 2.65 bits per heavy atom. The third-order valence-corrected chi connectivity index (χ3v) is 2.88. The number of halogens is 2. The molecule has 4 N–H and O–H groups in total. The van der Waals surface area contributed by atoms with E-state index in [1.165, 1.54) is 18.2 Å². The van der Waals surface area contributed by atoms with Crippen molar-refractivity contribution in [2.45, 2.75) is 0 Å². The van der Waals surface area contributed by atoms with Crippen molar-refractivity contribution in [1.29, 1.82) is 0 Å². The molecular formula is C10H7Cl2N5O3. The molecule has 2 aromatic rings. The minimum absolute atomic E-state index is 0.0214. The van der Waals surface area contributed by atoms with Gasteiger partial charge in [0, 0.05) is 0 Å². The predicted octanol–water partition coefficient (Wildman–Crippen LogP) is 1.44. The normalized spacial score (nSPS) is 11.4. The minimum Gasteiger partial charge on any atom is -0.379 e. The summed E-state index contributed by atoms with van der Waals surface area (Å²) in [6.45, 7) is 0. The summed E-state index contributed by atoms with van der Waals surface area (Å²) in [5.41, 5.74) is 11.0. The summed E-state index contributed by atoms with van der Waals surface area (Å²) in [5.74, 6) is -1.10. The topological polar surface area (TPSA) is 130 Å². The van der Waals surface area contributed by atoms with E-state index in [9.17, 15) is 4.79 Å². The number of hydrogen-bond donors (Lipinski definition) is 2. The van der Waals surface area contributed by atoms with Gasteiger partial charge in [-0.05, 0) is 28.5 Å². The van der Waals surface area contributed by atoms with Gasteiger partial charge in [-0.2, -0.15) is 0 Å². The fraction of sp³-hybridized carbons (Fsp3) is 0. The van der Waals surface area contributed by atoms with E-state index < -0.39 is 5.97 Å². The van der Waals surface area contributed by atoms with E-state index in [4.69, 9.17) is 34.7 Å². The van der Waals surface area contributed by atoms with Crippen molar-refractivity contribution in [2.75, 3.05) is 5.73 Å². The molecule has 0 aliphatic rings. The fourth-order valence-corrected chi connectivity index (χ4v) is 1.48. The van der Waals surface area contributed by atoms with Crippen LogP contribution in [0.5, 0.6) is 0 Å². The van der Waals surface area contributed by atoms with Crippen molar-refractivity contribution in [3.63, 3.8) is 0 Å². The zero-order valence-electron chi connectivity index (χ0n) is 9.71. The Balaban J connectivity index is 2.12. The van der Waals surface area contributed by atoms with Gasteiger partial charge in [-0.3, -0.25) is 0 Å². The van der Waals surface area contributed by atoms with Crippen LogP contribution in [0.15, 0.2) is 28.0 Å². The highest BCUT2D eigenvalue weighted by molar-refractivity contribution is 6.42. The van der Waals surface area contributed by atoms with Crippen LogP contribution in [0.25, 0.3) is 0 Å². The molecule has 1 heterocycles. The number of nitrogens with two attached hydrogens (primary N) is 2. The molecule has 0 spiro atoms. The molecule has 0 atom stereocenters. The predicted molar refractivity (Wildman–Crippen MR) is 71.3 cm³/mol. The first-order valence-electron chi connectivity index (χ1n) is 5.07. The van der Waals surface area contributed by atoms with E-state index in [0.29, 0.717) is 5.02 Å². The van der Waals surface area contributed by atoms with Crippen molar-refractivity contribution < 1.29 is 14.3 Å². The van der Waals surface area contributed by atoms with Gasteiger partial charge in [0.15, 0.2) is 17.3 Å². The van der Waals surface area contributed by atoms with Gasteiger partial charge in [-0.25, -0.2) is 9.42 Å². The number of hydrogen-bond acceptors (Lipinski definition) is 7. The van der Waals surface area contributed by atoms with Crippen molar-refractivity contribution in [1.82, 2.24) is 10.3 Å². The summed E-state index contributed by atoms with van der Waals surface area (Å²) in [6, 6.07) is 4.21. The van der Waals surface area contributed by atoms with Gasteiger partial charge in [0.2, 0.25) is 0 Å². The van der Waals surface area contributed by atoms with Gasteiger partial charge in [0.25, 0.3) is 0 Å². The van der Waals surface area contributed by atoms with Crippen LogP contribution in [0.3, 0.4) is 0 Å². The number of oxime groups is 1. The number of aromatic nitrogens is 2. The Labute approximate surface area is 122 Å². The number of amidine groups is 1. The molecule has 10 heteroatoms. The largest absolute Gasteiger partial charge is 0.379 e. The smallest absolute Gasteiger partial charge is 0.365 e. The third-order valence-electron chi connectivity index (χ3n) is 2.14. The Morgan fingerprint density at radius 2 is 2.05 bits per heavy atom. The van der Waals surface area contributed by atoms with Gasteiger partial charge in [0.1, 0.15) is 0 Å². The summed E-state index contributed by atoms with van der Waals surface area (Å²) in [5, 5.41) is 10.6. The van der Waals surface area contributed by atoms with Gasteiger partial charge in [0.05, 0.1) is 15.6 Å². The molecule has 0 radical (unpaired) electrons. The maximum Gasteiger partial charge on any atom is 0.365 e. The summed E-state index contributed by atoms with van der Waals surface area (Å²) in [4.78, 5) is 16.3. The number of benzene rings is 1. The lowest BCUT2D eigenvalue weighted by Gasteiger charge is -2.01. The number of anilines is 1. The van der Waals surface area contributed by atoms with Crippen LogP contribution in [-0.4, -0.2) is 22.1 Å². The van der Waals surface area contributed by atoms with Gasteiger partial charge in [-0.15, -0.1) is 0 Å². The quantitative estimate of drug-likeness (QED) is 0.379. The second-order valence-electron chi connectivity index (χ2n) is 3.48. The molecule has 0 amide bonds. The Hall–Kier alpha value is -2.32. The molecule has 0 saturated heterocycles. The molecule has 2 rings (SSSR count). The number of rotatable bonds is 3. The average molecular weight is 316 g/mol. The molecule has 0 saturated carbocycles. The van der Waals surface area contributed by atoms with E-state index >= 15 is 0 Å². The second kappa shape index (κ2) is 5.76. The molecule has 1 aromatic heterocycles. The lowest BCUT2D eigenvalue weighted by molar-refractivity contribution is 0.0516. The zero-order valence-corrected chi connectivity index (χ0v) is 11.2. The van der Waals surface area contributed by atoms with Crippen LogP contribution < -0.4 is 11.5 Å². The Morgan fingerprint density at radius 1 is 1.30 bits per heavy atom. The van der Waals surface area contributed by atoms with Crippen molar-refractivity contribution >= 4 is 40.8 Å². The van der Waals surface area contributed by atoms with E-state index in [1.54, 1.807) is 0 Å². The van der Waals surface area contributed by atoms with E-state index in [1.807, 2.05) is 0 Å². The van der Waals surface area contributed by atoms with E-state index in [0.717, 1.165) is 0 Å². The van der Waals surface area contributed by atoms with Crippen LogP contribution in [0.4, 0.5) is 5.82 Å². The molecule has 0 fully saturated rings. The highest BCUT2D eigenvalue weighted by atomic mass is 35.5. The number of carbonyl (C=O) groups excluding carboxylic acids is 1. The van der Waals surface area contributed by atoms with Crippen molar-refractivity contribution in [2.24, 2.45) is 10.9 Å². The standard InChI is InChI=1S/C10H7Cl2N5O3/c11-5-2-1-4(3-6(5)12)10(18)19-16-8(13)7-9(14)17-20-15-7/h1-3H,(H2,13,16)(H2,14,17). The molecule has 0 aliphatic heterocycles. The third kappa shape index (κ3) is 2.98. The van der Waals surface area contributed by atoms with Crippen molar-refractivity contribution in [3.8, 4) is 0 Å². The van der Waals surface area contributed by atoms with Crippen LogP contribution in [0.1, 0.15) is 16.1 Å². The number of nitrogen functional groups attached to an aromatic ring is 1. The summed E-state index contributed by atoms with van der Waals surface area (Å²) < 4.78 is 4.33. The lowest BCUT2D eigenvalue weighted by atomic mass is 10.2. The van der Waals surface area contributed by atoms with Crippen LogP contribution >= 0.6 is 23.2 Å². The summed E-state index contributed by atoms with van der Waals surface area (Å²) in [7, 11) is 0. The Kier molecular flexibility index (Phi) is 4.06. The molecule has 8 nitrogen and oxygen atoms in total. The number of carbonyl (C=O) groups is 1. The summed E-state index contributed by atoms with van der Waals surface area (Å²) in [6.07, 6.45) is 0. The van der Waals surface area contributed by atoms with Crippen LogP contribution in [0.2, 0.25) is 10.0 Å². The summed E-state index contributed by atoms with van der Waals surface area (Å²) >= 11 is 11.5. The molecular weight excluding hydrogens is 309 g/mol. The average Bonchev–Trinajstić information content (AvgIpc) is 2.85. The molecule has 20 heavy (non-hydrogen) atoms. The number of nitrogens with zero attached hydrogens (tertiary/aromatic N) is 3. The minimum atomic E-state index is -0.776.